The van der Waals surface area contributed by atoms with E-state index >= 15 is 0 Å². The topological polar surface area (TPSA) is 151 Å². The number of imide groups is 1. The fourth-order valence-corrected chi connectivity index (χ4v) is 4.09. The zero-order valence-corrected chi connectivity index (χ0v) is 20.5. The summed E-state index contributed by atoms with van der Waals surface area (Å²) in [6.45, 7) is 7.05. The molecular formula is C24H32N6O5. The van der Waals surface area contributed by atoms with Gasteiger partial charge in [-0.25, -0.2) is 9.59 Å². The number of unbranched alkanes of at least 4 members (excludes halogenated alkanes) is 1. The quantitative estimate of drug-likeness (QED) is 0.458. The summed E-state index contributed by atoms with van der Waals surface area (Å²) in [5.41, 5.74) is 3.84. The van der Waals surface area contributed by atoms with Crippen LogP contribution in [0.15, 0.2) is 39.9 Å². The van der Waals surface area contributed by atoms with E-state index in [4.69, 9.17) is 5.73 Å². The molecule has 1 aliphatic heterocycles. The number of aromatic nitrogens is 2. The van der Waals surface area contributed by atoms with Gasteiger partial charge in [0.15, 0.2) is 5.69 Å². The summed E-state index contributed by atoms with van der Waals surface area (Å²) in [5, 5.41) is 2.66. The van der Waals surface area contributed by atoms with Crippen LogP contribution in [0.3, 0.4) is 0 Å². The Morgan fingerprint density at radius 1 is 1.14 bits per heavy atom. The maximum Gasteiger partial charge on any atom is 0.330 e. The Morgan fingerprint density at radius 3 is 2.40 bits per heavy atom. The molecule has 4 amide bonds. The number of benzene rings is 1. The van der Waals surface area contributed by atoms with Crippen LogP contribution in [0.2, 0.25) is 0 Å². The van der Waals surface area contributed by atoms with E-state index in [0.717, 1.165) is 9.80 Å². The van der Waals surface area contributed by atoms with Crippen LogP contribution in [0, 0.1) is 5.92 Å². The second kappa shape index (κ2) is 10.2. The first-order chi connectivity index (χ1) is 16.5. The number of aromatic amines is 1. The van der Waals surface area contributed by atoms with E-state index in [0.29, 0.717) is 18.4 Å². The molecule has 4 N–H and O–H groups in total. The van der Waals surface area contributed by atoms with Gasteiger partial charge in [0, 0.05) is 13.1 Å². The Balaban J connectivity index is 1.97. The lowest BCUT2D eigenvalue weighted by Gasteiger charge is -2.26. The average molecular weight is 485 g/mol. The summed E-state index contributed by atoms with van der Waals surface area (Å²) in [4.78, 5) is 68.7. The van der Waals surface area contributed by atoms with E-state index in [1.54, 1.807) is 37.3 Å². The summed E-state index contributed by atoms with van der Waals surface area (Å²) in [6, 6.07) is 8.02. The largest absolute Gasteiger partial charge is 0.383 e. The number of nitrogens with one attached hydrogen (secondary N) is 2. The predicted octanol–water partition coefficient (Wildman–Crippen LogP) is 1.38. The summed E-state index contributed by atoms with van der Waals surface area (Å²) >= 11 is 0. The molecule has 1 atom stereocenters. The molecule has 11 heteroatoms. The van der Waals surface area contributed by atoms with Gasteiger partial charge >= 0.3 is 11.7 Å². The Labute approximate surface area is 202 Å². The first-order valence-corrected chi connectivity index (χ1v) is 11.6. The smallest absolute Gasteiger partial charge is 0.330 e. The molecule has 1 aromatic carbocycles. The number of nitrogens with zero attached hydrogens (tertiary/aromatic N) is 3. The van der Waals surface area contributed by atoms with Crippen LogP contribution in [-0.4, -0.2) is 45.4 Å². The van der Waals surface area contributed by atoms with Crippen molar-refractivity contribution in [3.63, 3.8) is 0 Å². The van der Waals surface area contributed by atoms with Gasteiger partial charge < -0.3 is 16.0 Å². The van der Waals surface area contributed by atoms with Gasteiger partial charge in [-0.1, -0.05) is 57.5 Å². The van der Waals surface area contributed by atoms with Crippen molar-refractivity contribution >= 4 is 29.4 Å². The van der Waals surface area contributed by atoms with Crippen molar-refractivity contribution in [2.24, 2.45) is 5.92 Å². The molecule has 188 valence electrons. The number of carbonyl (C=O) groups is 3. The van der Waals surface area contributed by atoms with Crippen molar-refractivity contribution in [2.75, 3.05) is 23.7 Å². The van der Waals surface area contributed by atoms with Gasteiger partial charge in [-0.05, 0) is 24.8 Å². The zero-order chi connectivity index (χ0) is 25.9. The second-order valence-corrected chi connectivity index (χ2v) is 9.21. The number of amides is 4. The van der Waals surface area contributed by atoms with E-state index in [1.165, 1.54) is 4.57 Å². The van der Waals surface area contributed by atoms with Crippen molar-refractivity contribution in [3.8, 4) is 0 Å². The van der Waals surface area contributed by atoms with Gasteiger partial charge in [-0.15, -0.1) is 0 Å². The standard InChI is InChI=1S/C24H32N6O5/c1-5-6-12-28(18-19(25)29(13-15(2)3)22(34)26-20(18)32)17(31)14-30-21(33)24(4,27-23(30)35)16-10-8-7-9-11-16/h7-11,15H,5-6,12-14,25H2,1-4H3,(H,27,35)(H,26,32,34). The Hall–Kier alpha value is -3.89. The summed E-state index contributed by atoms with van der Waals surface area (Å²) in [6.07, 6.45) is 1.25. The van der Waals surface area contributed by atoms with Crippen molar-refractivity contribution in [1.29, 1.82) is 0 Å². The van der Waals surface area contributed by atoms with Crippen LogP contribution < -0.4 is 27.2 Å². The van der Waals surface area contributed by atoms with E-state index in [9.17, 15) is 24.0 Å². The van der Waals surface area contributed by atoms with E-state index in [-0.39, 0.29) is 30.5 Å². The number of anilines is 2. The number of hydrogen-bond acceptors (Lipinski definition) is 6. The van der Waals surface area contributed by atoms with Crippen molar-refractivity contribution in [2.45, 2.75) is 52.6 Å². The summed E-state index contributed by atoms with van der Waals surface area (Å²) in [7, 11) is 0. The molecular weight excluding hydrogens is 452 g/mol. The molecule has 0 saturated carbocycles. The monoisotopic (exact) mass is 484 g/mol. The van der Waals surface area contributed by atoms with Crippen LogP contribution in [0.5, 0.6) is 0 Å². The van der Waals surface area contributed by atoms with E-state index in [2.05, 4.69) is 10.3 Å². The molecule has 1 unspecified atom stereocenters. The molecule has 11 nitrogen and oxygen atoms in total. The number of hydrogen-bond donors (Lipinski definition) is 3. The SMILES string of the molecule is CCCCN(C(=O)CN1C(=O)NC(C)(c2ccccc2)C1=O)c1c(N)n(CC(C)C)c(=O)[nH]c1=O. The van der Waals surface area contributed by atoms with Crippen molar-refractivity contribution in [1.82, 2.24) is 19.8 Å². The molecule has 1 aromatic heterocycles. The van der Waals surface area contributed by atoms with Gasteiger partial charge in [-0.2, -0.15) is 0 Å². The lowest BCUT2D eigenvalue weighted by atomic mass is 9.92. The molecule has 3 rings (SSSR count). The Morgan fingerprint density at radius 2 is 1.80 bits per heavy atom. The van der Waals surface area contributed by atoms with Gasteiger partial charge in [0.2, 0.25) is 5.91 Å². The highest BCUT2D eigenvalue weighted by Crippen LogP contribution is 2.29. The van der Waals surface area contributed by atoms with Crippen LogP contribution >= 0.6 is 0 Å². The Kier molecular flexibility index (Phi) is 7.47. The normalized spacial score (nSPS) is 17.7. The molecule has 0 radical (unpaired) electrons. The van der Waals surface area contributed by atoms with E-state index < -0.39 is 41.2 Å². The van der Waals surface area contributed by atoms with Crippen LogP contribution in [0.1, 0.15) is 46.1 Å². The summed E-state index contributed by atoms with van der Waals surface area (Å²) < 4.78 is 1.22. The summed E-state index contributed by atoms with van der Waals surface area (Å²) in [5.74, 6) is -1.33. The number of H-pyrrole nitrogens is 1. The molecule has 1 saturated heterocycles. The minimum atomic E-state index is -1.33. The first-order valence-electron chi connectivity index (χ1n) is 11.6. The molecule has 2 heterocycles. The van der Waals surface area contributed by atoms with Crippen molar-refractivity contribution in [3.05, 3.63) is 56.7 Å². The maximum absolute atomic E-state index is 13.4. The number of nitrogens with two attached hydrogens (primary N) is 1. The highest BCUT2D eigenvalue weighted by atomic mass is 16.2. The molecule has 0 aliphatic carbocycles. The highest BCUT2D eigenvalue weighted by molar-refractivity contribution is 6.10. The number of carbonyl (C=O) groups excluding carboxylic acids is 3. The molecule has 0 bridgehead atoms. The average Bonchev–Trinajstić information content (AvgIpc) is 3.02. The third-order valence-corrected chi connectivity index (χ3v) is 5.99. The third-order valence-electron chi connectivity index (χ3n) is 5.99. The van der Waals surface area contributed by atoms with Crippen LogP contribution in [0.25, 0.3) is 0 Å². The number of nitrogen functional groups attached to an aromatic ring is 1. The highest BCUT2D eigenvalue weighted by Gasteiger charge is 2.49. The van der Waals surface area contributed by atoms with Gasteiger partial charge in [-0.3, -0.25) is 28.8 Å². The second-order valence-electron chi connectivity index (χ2n) is 9.21. The van der Waals surface area contributed by atoms with Crippen molar-refractivity contribution < 1.29 is 14.4 Å². The fourth-order valence-electron chi connectivity index (χ4n) is 4.09. The molecule has 2 aromatic rings. The van der Waals surface area contributed by atoms with Gasteiger partial charge in [0.25, 0.3) is 11.5 Å². The molecule has 1 aliphatic rings. The van der Waals surface area contributed by atoms with Gasteiger partial charge in [0.1, 0.15) is 17.9 Å². The maximum atomic E-state index is 13.4. The minimum Gasteiger partial charge on any atom is -0.383 e. The van der Waals surface area contributed by atoms with Gasteiger partial charge in [0.05, 0.1) is 0 Å². The van der Waals surface area contributed by atoms with E-state index in [1.807, 2.05) is 20.8 Å². The minimum absolute atomic E-state index is 0.0510. The predicted molar refractivity (Wildman–Crippen MR) is 132 cm³/mol. The zero-order valence-electron chi connectivity index (χ0n) is 20.5. The number of rotatable bonds is 9. The lowest BCUT2D eigenvalue weighted by Crippen LogP contribution is -2.47. The van der Waals surface area contributed by atoms with Crippen LogP contribution in [-0.2, 0) is 21.7 Å². The fraction of sp³-hybridized carbons (Fsp3) is 0.458. The number of urea groups is 1. The third kappa shape index (κ3) is 4.98. The molecule has 1 fully saturated rings. The first kappa shape index (κ1) is 25.7. The molecule has 35 heavy (non-hydrogen) atoms. The Bertz CT molecular complexity index is 1240. The van der Waals surface area contributed by atoms with Crippen LogP contribution in [0.4, 0.5) is 16.3 Å². The molecule has 0 spiro atoms. The lowest BCUT2D eigenvalue weighted by molar-refractivity contribution is -0.134.